The number of benzene rings is 3. The summed E-state index contributed by atoms with van der Waals surface area (Å²) in [7, 11) is 0. The van der Waals surface area contributed by atoms with Gasteiger partial charge in [0.25, 0.3) is 0 Å². The third-order valence-corrected chi connectivity index (χ3v) is 5.16. The maximum Gasteiger partial charge on any atom is 0.573 e. The van der Waals surface area contributed by atoms with Crippen LogP contribution in [0.15, 0.2) is 78.9 Å². The van der Waals surface area contributed by atoms with Gasteiger partial charge in [-0.1, -0.05) is 12.1 Å². The average molecular weight is 562 g/mol. The lowest BCUT2D eigenvalue weighted by Gasteiger charge is -2.14. The molecule has 5 nitrogen and oxygen atoms in total. The molecule has 0 saturated carbocycles. The first kappa shape index (κ1) is 27.5. The Kier molecular flexibility index (Phi) is 7.06. The summed E-state index contributed by atoms with van der Waals surface area (Å²) in [6.45, 7) is 0. The summed E-state index contributed by atoms with van der Waals surface area (Å²) in [5.74, 6) is -1.64. The van der Waals surface area contributed by atoms with E-state index in [2.05, 4.69) is 14.8 Å². The van der Waals surface area contributed by atoms with Crippen LogP contribution >= 0.6 is 0 Å². The fourth-order valence-corrected chi connectivity index (χ4v) is 3.61. The first-order chi connectivity index (χ1) is 18.1. The Hall–Kier alpha value is -4.49. The van der Waals surface area contributed by atoms with Gasteiger partial charge in [-0.3, -0.25) is 4.57 Å². The number of rotatable bonds is 6. The number of hydrogen-bond acceptors (Lipinski definition) is 4. The Bertz CT molecular complexity index is 1440. The molecule has 206 valence electrons. The molecular formula is C25H15F9N2O3. The van der Waals surface area contributed by atoms with E-state index in [4.69, 9.17) is 0 Å². The molecule has 0 radical (unpaired) electrons. The molecule has 0 fully saturated rings. The van der Waals surface area contributed by atoms with Crippen LogP contribution in [0, 0.1) is 0 Å². The molecule has 0 amide bonds. The van der Waals surface area contributed by atoms with Gasteiger partial charge in [0.05, 0.1) is 11.3 Å². The fraction of sp³-hybridized carbons (Fsp3) is 0.120. The van der Waals surface area contributed by atoms with Crippen molar-refractivity contribution in [3.63, 3.8) is 0 Å². The van der Waals surface area contributed by atoms with Crippen LogP contribution in [0.4, 0.5) is 50.9 Å². The molecule has 0 aliphatic carbocycles. The van der Waals surface area contributed by atoms with E-state index in [0.717, 1.165) is 59.2 Å². The van der Waals surface area contributed by atoms with Crippen LogP contribution in [0.3, 0.4) is 0 Å². The van der Waals surface area contributed by atoms with E-state index in [9.17, 15) is 44.6 Å². The Labute approximate surface area is 213 Å². The zero-order chi connectivity index (χ0) is 28.6. The van der Waals surface area contributed by atoms with E-state index in [-0.39, 0.29) is 28.3 Å². The van der Waals surface area contributed by atoms with Crippen LogP contribution in [-0.2, 0) is 6.18 Å². The Morgan fingerprint density at radius 3 is 1.72 bits per heavy atom. The lowest BCUT2D eigenvalue weighted by atomic mass is 10.1. The molecule has 4 rings (SSSR count). The van der Waals surface area contributed by atoms with Gasteiger partial charge in [-0.15, -0.1) is 26.3 Å². The molecule has 0 aliphatic rings. The minimum absolute atomic E-state index is 0.00211. The molecule has 3 aromatic carbocycles. The summed E-state index contributed by atoms with van der Waals surface area (Å²) in [6, 6.07) is 14.0. The summed E-state index contributed by atoms with van der Waals surface area (Å²) < 4.78 is 124. The lowest BCUT2D eigenvalue weighted by molar-refractivity contribution is -0.275. The second-order valence-electron chi connectivity index (χ2n) is 7.92. The first-order valence-corrected chi connectivity index (χ1v) is 10.7. The molecule has 2 N–H and O–H groups in total. The molecule has 4 aromatic rings. The second kappa shape index (κ2) is 10.0. The molecule has 0 unspecified atom stereocenters. The molecule has 0 aliphatic heterocycles. The smallest absolute Gasteiger partial charge is 0.493 e. The van der Waals surface area contributed by atoms with Crippen molar-refractivity contribution in [2.75, 3.05) is 5.32 Å². The number of ether oxygens (including phenoxy) is 2. The molecule has 1 heterocycles. The van der Waals surface area contributed by atoms with Crippen molar-refractivity contribution >= 4 is 11.4 Å². The van der Waals surface area contributed by atoms with Crippen molar-refractivity contribution in [3.05, 3.63) is 84.4 Å². The van der Waals surface area contributed by atoms with Gasteiger partial charge in [-0.05, 0) is 72.3 Å². The third-order valence-electron chi connectivity index (χ3n) is 5.16. The van der Waals surface area contributed by atoms with Gasteiger partial charge in [0.1, 0.15) is 17.2 Å². The number of aromatic nitrogens is 1. The number of nitrogens with one attached hydrogen (secondary N) is 1. The van der Waals surface area contributed by atoms with E-state index in [1.54, 1.807) is 0 Å². The predicted molar refractivity (Wildman–Crippen MR) is 121 cm³/mol. The summed E-state index contributed by atoms with van der Waals surface area (Å²) in [4.78, 5) is 0. The predicted octanol–water partition coefficient (Wildman–Crippen LogP) is 8.41. The van der Waals surface area contributed by atoms with Gasteiger partial charge in [-0.25, -0.2) is 0 Å². The van der Waals surface area contributed by atoms with Crippen molar-refractivity contribution in [1.29, 1.82) is 0 Å². The SMILES string of the molecule is Oc1c(Nc2ccc(OC(F)(F)F)cc2)cc(-c2cccc(C(F)(F)F)c2)n1-c1ccc(OC(F)(F)F)cc1. The standard InChI is InChI=1S/C25H15F9N2O3/c26-23(27,28)15-3-1-2-14(12-15)21-13-20(35-16-4-8-18(9-5-16)38-24(29,30)31)22(37)36(21)17-6-10-19(11-7-17)39-25(32,33)34/h1-13,35,37H. The molecule has 1 aromatic heterocycles. The van der Waals surface area contributed by atoms with Crippen LogP contribution in [0.25, 0.3) is 16.9 Å². The minimum Gasteiger partial charge on any atom is -0.493 e. The van der Waals surface area contributed by atoms with Crippen LogP contribution in [-0.4, -0.2) is 22.4 Å². The average Bonchev–Trinajstić information content (AvgIpc) is 3.14. The van der Waals surface area contributed by atoms with E-state index >= 15 is 0 Å². The number of aromatic hydroxyl groups is 1. The maximum absolute atomic E-state index is 13.3. The summed E-state index contributed by atoms with van der Waals surface area (Å²) >= 11 is 0. The number of alkyl halides is 9. The lowest BCUT2D eigenvalue weighted by Crippen LogP contribution is -2.17. The van der Waals surface area contributed by atoms with Gasteiger partial charge in [0, 0.05) is 11.4 Å². The van der Waals surface area contributed by atoms with Crippen LogP contribution < -0.4 is 14.8 Å². The summed E-state index contributed by atoms with van der Waals surface area (Å²) in [6.07, 6.45) is -14.6. The van der Waals surface area contributed by atoms with Gasteiger partial charge < -0.3 is 19.9 Å². The van der Waals surface area contributed by atoms with Crippen LogP contribution in [0.2, 0.25) is 0 Å². The first-order valence-electron chi connectivity index (χ1n) is 10.7. The number of nitrogens with zero attached hydrogens (tertiary/aromatic N) is 1. The quantitative estimate of drug-likeness (QED) is 0.232. The van der Waals surface area contributed by atoms with E-state index < -0.39 is 41.8 Å². The molecule has 0 saturated heterocycles. The summed E-state index contributed by atoms with van der Waals surface area (Å²) in [5.41, 5.74) is -0.795. The van der Waals surface area contributed by atoms with Gasteiger partial charge in [-0.2, -0.15) is 13.2 Å². The van der Waals surface area contributed by atoms with Crippen molar-refractivity contribution < 1.29 is 54.1 Å². The maximum atomic E-state index is 13.3. The van der Waals surface area contributed by atoms with Crippen molar-refractivity contribution in [1.82, 2.24) is 4.57 Å². The molecule has 0 bridgehead atoms. The van der Waals surface area contributed by atoms with Gasteiger partial charge in [0.2, 0.25) is 5.88 Å². The normalized spacial score (nSPS) is 12.3. The van der Waals surface area contributed by atoms with Crippen molar-refractivity contribution in [3.8, 4) is 34.3 Å². The fourth-order valence-electron chi connectivity index (χ4n) is 3.61. The van der Waals surface area contributed by atoms with E-state index in [1.165, 1.54) is 24.3 Å². The molecular weight excluding hydrogens is 547 g/mol. The Morgan fingerprint density at radius 1 is 0.667 bits per heavy atom. The molecule has 14 heteroatoms. The van der Waals surface area contributed by atoms with Gasteiger partial charge >= 0.3 is 18.9 Å². The number of anilines is 2. The molecule has 0 spiro atoms. The highest BCUT2D eigenvalue weighted by molar-refractivity contribution is 5.77. The largest absolute Gasteiger partial charge is 0.573 e. The van der Waals surface area contributed by atoms with E-state index in [1.807, 2.05) is 0 Å². The molecule has 0 atom stereocenters. The number of hydrogen-bond donors (Lipinski definition) is 2. The zero-order valence-corrected chi connectivity index (χ0v) is 19.1. The Balaban J connectivity index is 1.76. The van der Waals surface area contributed by atoms with Crippen LogP contribution in [0.5, 0.6) is 17.4 Å². The third kappa shape index (κ3) is 6.89. The minimum atomic E-state index is -4.96. The Morgan fingerprint density at radius 2 is 1.21 bits per heavy atom. The van der Waals surface area contributed by atoms with Crippen LogP contribution in [0.1, 0.15) is 5.56 Å². The highest BCUT2D eigenvalue weighted by Gasteiger charge is 2.33. The monoisotopic (exact) mass is 562 g/mol. The number of halogens is 9. The molecule has 39 heavy (non-hydrogen) atoms. The van der Waals surface area contributed by atoms with Gasteiger partial charge in [0.15, 0.2) is 0 Å². The van der Waals surface area contributed by atoms with Crippen molar-refractivity contribution in [2.24, 2.45) is 0 Å². The summed E-state index contributed by atoms with van der Waals surface area (Å²) in [5, 5.41) is 13.7. The topological polar surface area (TPSA) is 55.6 Å². The highest BCUT2D eigenvalue weighted by Crippen LogP contribution is 2.41. The second-order valence-corrected chi connectivity index (χ2v) is 7.92. The van der Waals surface area contributed by atoms with E-state index in [0.29, 0.717) is 0 Å². The zero-order valence-electron chi connectivity index (χ0n) is 19.1. The highest BCUT2D eigenvalue weighted by atomic mass is 19.4. The van der Waals surface area contributed by atoms with Crippen molar-refractivity contribution in [2.45, 2.75) is 18.9 Å².